The third-order valence-electron chi connectivity index (χ3n) is 7.29. The molecule has 4 rings (SSSR count). The number of rotatable bonds is 16. The summed E-state index contributed by atoms with van der Waals surface area (Å²) in [5.74, 6) is -0.674. The lowest BCUT2D eigenvalue weighted by Gasteiger charge is -2.27. The molecule has 2 amide bonds. The van der Waals surface area contributed by atoms with Crippen molar-refractivity contribution in [1.82, 2.24) is 4.90 Å². The van der Waals surface area contributed by atoms with Crippen molar-refractivity contribution in [1.29, 1.82) is 0 Å². The Labute approximate surface area is 270 Å². The fourth-order valence-corrected chi connectivity index (χ4v) is 5.52. The quantitative estimate of drug-likeness (QED) is 0.156. The Morgan fingerprint density at radius 1 is 1.09 bits per heavy atom. The van der Waals surface area contributed by atoms with E-state index in [1.165, 1.54) is 14.0 Å². The standard InChI is InChI=1S/C33H38BrNO10/c1-21-29(24-13-8-5-9-14-24)45-33(39)35(21)32(38)31(40-3)30(43-22(2)37)28-17-26(34)27(44-28)15-10-16-41-20-25(18-36)42-19-23-11-6-4-7-12-23/h4-9,11-14,17,21,25,29-31,36H,10,15-16,18-20H2,1-3H3/t21-,25+,29-,30+,31-/m0/s1. The van der Waals surface area contributed by atoms with Gasteiger partial charge >= 0.3 is 12.1 Å². The van der Waals surface area contributed by atoms with Crippen LogP contribution < -0.4 is 0 Å². The smallest absolute Gasteiger partial charge is 0.417 e. The molecule has 2 heterocycles. The molecule has 3 aromatic rings. The third kappa shape index (κ3) is 9.01. The second kappa shape index (κ2) is 16.7. The zero-order valence-corrected chi connectivity index (χ0v) is 27.0. The topological polar surface area (TPSA) is 134 Å². The summed E-state index contributed by atoms with van der Waals surface area (Å²) in [6, 6.07) is 19.8. The van der Waals surface area contributed by atoms with Crippen molar-refractivity contribution in [2.75, 3.05) is 26.9 Å². The number of carbonyl (C=O) groups is 3. The molecule has 1 aliphatic heterocycles. The highest BCUT2D eigenvalue weighted by atomic mass is 79.9. The molecule has 1 aromatic heterocycles. The maximum absolute atomic E-state index is 13.7. The second-order valence-corrected chi connectivity index (χ2v) is 11.4. The first kappa shape index (κ1) is 34.3. The molecule has 45 heavy (non-hydrogen) atoms. The van der Waals surface area contributed by atoms with Crippen molar-refractivity contribution in [2.24, 2.45) is 0 Å². The number of benzene rings is 2. The lowest BCUT2D eigenvalue weighted by Crippen LogP contribution is -2.47. The van der Waals surface area contributed by atoms with E-state index in [9.17, 15) is 19.5 Å². The van der Waals surface area contributed by atoms with Crippen LogP contribution in [0, 0.1) is 0 Å². The van der Waals surface area contributed by atoms with E-state index < -0.39 is 48.4 Å². The van der Waals surface area contributed by atoms with Crippen molar-refractivity contribution in [3.63, 3.8) is 0 Å². The molecule has 0 bridgehead atoms. The van der Waals surface area contributed by atoms with Gasteiger partial charge in [0.1, 0.15) is 23.7 Å². The number of carbonyl (C=O) groups excluding carboxylic acids is 3. The van der Waals surface area contributed by atoms with E-state index in [0.717, 1.165) is 16.0 Å². The van der Waals surface area contributed by atoms with E-state index in [0.29, 0.717) is 36.3 Å². The molecule has 11 nitrogen and oxygen atoms in total. The average Bonchev–Trinajstić information content (AvgIpc) is 3.56. The fraction of sp³-hybridized carbons (Fsp3) is 0.424. The van der Waals surface area contributed by atoms with Gasteiger partial charge in [-0.2, -0.15) is 0 Å². The number of aliphatic hydroxyl groups is 1. The number of halogens is 1. The molecular formula is C33H38BrNO10. The first-order valence-corrected chi connectivity index (χ1v) is 15.4. The number of furan rings is 1. The number of esters is 1. The van der Waals surface area contributed by atoms with Crippen molar-refractivity contribution < 1.29 is 47.6 Å². The Bertz CT molecular complexity index is 1400. The van der Waals surface area contributed by atoms with Crippen molar-refractivity contribution in [2.45, 2.75) is 63.8 Å². The van der Waals surface area contributed by atoms with Crippen LogP contribution in [-0.2, 0) is 46.3 Å². The predicted octanol–water partition coefficient (Wildman–Crippen LogP) is 5.30. The van der Waals surface area contributed by atoms with Crippen LogP contribution in [0.4, 0.5) is 4.79 Å². The Morgan fingerprint density at radius 3 is 2.42 bits per heavy atom. The number of hydrogen-bond donors (Lipinski definition) is 1. The summed E-state index contributed by atoms with van der Waals surface area (Å²) in [4.78, 5) is 39.7. The molecule has 0 saturated carbocycles. The molecule has 1 fully saturated rings. The van der Waals surface area contributed by atoms with Crippen LogP contribution in [-0.4, -0.2) is 73.2 Å². The number of imide groups is 1. The maximum atomic E-state index is 13.7. The Morgan fingerprint density at radius 2 is 1.78 bits per heavy atom. The first-order valence-electron chi connectivity index (χ1n) is 14.6. The van der Waals surface area contributed by atoms with E-state index in [2.05, 4.69) is 15.9 Å². The van der Waals surface area contributed by atoms with Gasteiger partial charge in [-0.25, -0.2) is 9.69 Å². The molecule has 1 aliphatic rings. The van der Waals surface area contributed by atoms with Gasteiger partial charge in [0.15, 0.2) is 12.2 Å². The van der Waals surface area contributed by atoms with E-state index >= 15 is 0 Å². The third-order valence-corrected chi connectivity index (χ3v) is 7.96. The zero-order valence-electron chi connectivity index (χ0n) is 25.4. The van der Waals surface area contributed by atoms with Gasteiger partial charge in [-0.1, -0.05) is 60.7 Å². The molecule has 12 heteroatoms. The normalized spacial score (nSPS) is 18.3. The number of hydrogen-bond acceptors (Lipinski definition) is 10. The van der Waals surface area contributed by atoms with Crippen LogP contribution in [0.1, 0.15) is 55.1 Å². The second-order valence-electron chi connectivity index (χ2n) is 10.5. The van der Waals surface area contributed by atoms with Crippen LogP contribution in [0.3, 0.4) is 0 Å². The highest BCUT2D eigenvalue weighted by molar-refractivity contribution is 9.10. The Balaban J connectivity index is 1.37. The maximum Gasteiger partial charge on any atom is 0.417 e. The summed E-state index contributed by atoms with van der Waals surface area (Å²) in [5, 5.41) is 9.63. The van der Waals surface area contributed by atoms with Gasteiger partial charge in [0.2, 0.25) is 0 Å². The van der Waals surface area contributed by atoms with Gasteiger partial charge in [-0.3, -0.25) is 9.59 Å². The molecule has 0 radical (unpaired) electrons. The van der Waals surface area contributed by atoms with Crippen LogP contribution in [0.5, 0.6) is 0 Å². The van der Waals surface area contributed by atoms with Gasteiger partial charge in [0.05, 0.1) is 30.3 Å². The van der Waals surface area contributed by atoms with Gasteiger partial charge in [-0.05, 0) is 46.5 Å². The number of methoxy groups -OCH3 is 1. The van der Waals surface area contributed by atoms with Crippen molar-refractivity contribution in [3.8, 4) is 0 Å². The van der Waals surface area contributed by atoms with E-state index in [1.807, 2.05) is 60.7 Å². The number of amides is 2. The van der Waals surface area contributed by atoms with Crippen LogP contribution >= 0.6 is 15.9 Å². The van der Waals surface area contributed by atoms with Gasteiger partial charge in [0, 0.05) is 27.1 Å². The lowest BCUT2D eigenvalue weighted by molar-refractivity contribution is -0.164. The minimum absolute atomic E-state index is 0.169. The molecule has 2 aromatic carbocycles. The largest absolute Gasteiger partial charge is 0.461 e. The average molecular weight is 689 g/mol. The molecule has 242 valence electrons. The van der Waals surface area contributed by atoms with Gasteiger partial charge in [0.25, 0.3) is 5.91 Å². The van der Waals surface area contributed by atoms with Crippen LogP contribution in [0.2, 0.25) is 0 Å². The summed E-state index contributed by atoms with van der Waals surface area (Å²) in [5.41, 5.74) is 1.75. The first-order chi connectivity index (χ1) is 21.7. The molecule has 0 spiro atoms. The number of ether oxygens (including phenoxy) is 5. The zero-order chi connectivity index (χ0) is 32.3. The highest BCUT2D eigenvalue weighted by Gasteiger charge is 2.48. The molecule has 0 aliphatic carbocycles. The van der Waals surface area contributed by atoms with Crippen molar-refractivity contribution in [3.05, 3.63) is 93.9 Å². The van der Waals surface area contributed by atoms with Gasteiger partial charge in [-0.15, -0.1) is 0 Å². The number of cyclic esters (lactones) is 1. The molecular weight excluding hydrogens is 650 g/mol. The summed E-state index contributed by atoms with van der Waals surface area (Å²) in [6.07, 6.45) is -3.57. The molecule has 0 unspecified atom stereocenters. The summed E-state index contributed by atoms with van der Waals surface area (Å²) < 4.78 is 34.7. The lowest BCUT2D eigenvalue weighted by atomic mass is 10.0. The molecule has 1 saturated heterocycles. The molecule has 5 atom stereocenters. The summed E-state index contributed by atoms with van der Waals surface area (Å²) in [7, 11) is 1.29. The minimum atomic E-state index is -1.39. The van der Waals surface area contributed by atoms with E-state index in [4.69, 9.17) is 28.1 Å². The van der Waals surface area contributed by atoms with Crippen LogP contribution in [0.15, 0.2) is 75.6 Å². The highest BCUT2D eigenvalue weighted by Crippen LogP contribution is 2.36. The number of aryl methyl sites for hydroxylation is 1. The van der Waals surface area contributed by atoms with E-state index in [1.54, 1.807) is 13.0 Å². The Kier molecular flexibility index (Phi) is 12.7. The van der Waals surface area contributed by atoms with Gasteiger partial charge < -0.3 is 33.2 Å². The van der Waals surface area contributed by atoms with E-state index in [-0.39, 0.29) is 19.0 Å². The predicted molar refractivity (Wildman–Crippen MR) is 165 cm³/mol. The fourth-order valence-electron chi connectivity index (χ4n) is 5.01. The molecule has 1 N–H and O–H groups in total. The minimum Gasteiger partial charge on any atom is -0.461 e. The summed E-state index contributed by atoms with van der Waals surface area (Å²) >= 11 is 3.49. The van der Waals surface area contributed by atoms with Crippen LogP contribution in [0.25, 0.3) is 0 Å². The SMILES string of the molecule is CO[C@H](C(=O)N1C(=O)O[C@H](c2ccccc2)[C@@H]1C)[C@H](OC(C)=O)c1cc(Br)c(CCCOC[C@@H](CO)OCc2ccccc2)o1. The Hall–Kier alpha value is -3.55. The van der Waals surface area contributed by atoms with Crippen molar-refractivity contribution >= 4 is 33.9 Å². The summed E-state index contributed by atoms with van der Waals surface area (Å²) in [6.45, 7) is 3.72. The number of aliphatic hydroxyl groups excluding tert-OH is 1. The monoisotopic (exact) mass is 687 g/mol. The number of nitrogens with zero attached hydrogens (tertiary/aromatic N) is 1.